The predicted molar refractivity (Wildman–Crippen MR) is 279 cm³/mol. The molecule has 1 atom stereocenters. The van der Waals surface area contributed by atoms with Crippen LogP contribution in [0.3, 0.4) is 0 Å². The van der Waals surface area contributed by atoms with Gasteiger partial charge in [-0.05, 0) is 96.3 Å². The smallest absolute Gasteiger partial charge is 0.306 e. The van der Waals surface area contributed by atoms with Gasteiger partial charge in [-0.25, -0.2) is 0 Å². The van der Waals surface area contributed by atoms with Crippen LogP contribution in [0, 0.1) is 0 Å². The molecule has 0 heterocycles. The largest absolute Gasteiger partial charge is 0.462 e. The maximum Gasteiger partial charge on any atom is 0.306 e. The minimum atomic E-state index is -0.580. The molecule has 0 bridgehead atoms. The summed E-state index contributed by atoms with van der Waals surface area (Å²) in [6.07, 6.45) is 70.8. The molecule has 0 saturated heterocycles. The van der Waals surface area contributed by atoms with Crippen molar-refractivity contribution in [3.8, 4) is 0 Å². The highest BCUT2D eigenvalue weighted by Gasteiger charge is 2.17. The van der Waals surface area contributed by atoms with Gasteiger partial charge in [0.1, 0.15) is 6.61 Å². The lowest BCUT2D eigenvalue weighted by Gasteiger charge is -2.18. The standard InChI is InChI=1S/C59H104O5/c1-4-7-10-13-16-19-22-25-27-29-30-31-32-35-37-40-43-46-49-52-58(60)63-56-57(64-59(61)53-50-47-44-41-38-34-24-21-18-15-12-9-6-3)55-62-54-51-48-45-42-39-36-33-28-26-23-20-17-14-11-8-5-2/h9,12,18,21,25-28,34,38,44,47,57H,4-8,10-11,13-17,19-20,22-24,29-33,35-37,39-43,45-46,48-56H2,1-3H3/b12-9-,21-18-,27-25-,28-26-,38-34-,47-44-. The van der Waals surface area contributed by atoms with Gasteiger partial charge in [0, 0.05) is 19.4 Å². The molecule has 0 aromatic carbocycles. The number of ether oxygens (including phenoxy) is 3. The average molecular weight is 893 g/mol. The van der Waals surface area contributed by atoms with Crippen molar-refractivity contribution in [2.24, 2.45) is 0 Å². The third kappa shape index (κ3) is 52.0. The van der Waals surface area contributed by atoms with Crippen LogP contribution in [0.1, 0.15) is 265 Å². The van der Waals surface area contributed by atoms with Crippen LogP contribution < -0.4 is 0 Å². The summed E-state index contributed by atoms with van der Waals surface area (Å²) in [7, 11) is 0. The second-order valence-electron chi connectivity index (χ2n) is 18.1. The first-order valence-corrected chi connectivity index (χ1v) is 27.5. The lowest BCUT2D eigenvalue weighted by atomic mass is 10.1. The van der Waals surface area contributed by atoms with Crippen molar-refractivity contribution in [3.63, 3.8) is 0 Å². The first-order valence-electron chi connectivity index (χ1n) is 27.5. The number of hydrogen-bond donors (Lipinski definition) is 0. The molecule has 5 nitrogen and oxygen atoms in total. The molecule has 0 aliphatic carbocycles. The fourth-order valence-corrected chi connectivity index (χ4v) is 7.63. The van der Waals surface area contributed by atoms with Crippen molar-refractivity contribution in [1.29, 1.82) is 0 Å². The molecule has 0 aliphatic heterocycles. The van der Waals surface area contributed by atoms with E-state index in [9.17, 15) is 9.59 Å². The Hall–Kier alpha value is -2.66. The van der Waals surface area contributed by atoms with Gasteiger partial charge in [0.05, 0.1) is 6.61 Å². The number of unbranched alkanes of at least 4 members (excludes halogenated alkanes) is 27. The molecule has 370 valence electrons. The van der Waals surface area contributed by atoms with E-state index in [0.717, 1.165) is 51.4 Å². The Bertz CT molecular complexity index is 1150. The highest BCUT2D eigenvalue weighted by molar-refractivity contribution is 5.70. The molecule has 0 radical (unpaired) electrons. The summed E-state index contributed by atoms with van der Waals surface area (Å²) in [4.78, 5) is 25.4. The zero-order chi connectivity index (χ0) is 46.3. The molecule has 0 aliphatic rings. The summed E-state index contributed by atoms with van der Waals surface area (Å²) in [5.74, 6) is -0.491. The molecule has 1 unspecified atom stereocenters. The fourth-order valence-electron chi connectivity index (χ4n) is 7.63. The molecule has 5 heteroatoms. The van der Waals surface area contributed by atoms with E-state index in [2.05, 4.69) is 87.6 Å². The molecule has 0 fully saturated rings. The number of hydrogen-bond acceptors (Lipinski definition) is 5. The molecule has 64 heavy (non-hydrogen) atoms. The maximum absolute atomic E-state index is 12.8. The van der Waals surface area contributed by atoms with Crippen molar-refractivity contribution in [3.05, 3.63) is 72.9 Å². The minimum absolute atomic E-state index is 0.0524. The lowest BCUT2D eigenvalue weighted by Crippen LogP contribution is -2.30. The Kier molecular flexibility index (Phi) is 52.4. The number of rotatable bonds is 50. The Morgan fingerprint density at radius 2 is 0.734 bits per heavy atom. The average Bonchev–Trinajstić information content (AvgIpc) is 3.30. The molecule has 0 aromatic rings. The quantitative estimate of drug-likeness (QED) is 0.0346. The Labute approximate surface area is 397 Å². The molecular weight excluding hydrogens is 789 g/mol. The van der Waals surface area contributed by atoms with Gasteiger partial charge in [-0.2, -0.15) is 0 Å². The second-order valence-corrected chi connectivity index (χ2v) is 18.1. The maximum atomic E-state index is 12.8. The van der Waals surface area contributed by atoms with E-state index in [1.807, 2.05) is 6.08 Å². The number of carbonyl (C=O) groups is 2. The molecule has 0 spiro atoms. The monoisotopic (exact) mass is 893 g/mol. The molecule has 0 rings (SSSR count). The zero-order valence-electron chi connectivity index (χ0n) is 42.5. The van der Waals surface area contributed by atoms with E-state index in [1.54, 1.807) is 0 Å². The second kappa shape index (κ2) is 54.7. The van der Waals surface area contributed by atoms with Crippen LogP contribution in [0.4, 0.5) is 0 Å². The fraction of sp³-hybridized carbons (Fsp3) is 0.763. The number of carbonyl (C=O) groups excluding carboxylic acids is 2. The van der Waals surface area contributed by atoms with Crippen LogP contribution in [0.2, 0.25) is 0 Å². The van der Waals surface area contributed by atoms with Crippen molar-refractivity contribution < 1.29 is 23.8 Å². The summed E-state index contributed by atoms with van der Waals surface area (Å²) < 4.78 is 17.4. The Morgan fingerprint density at radius 3 is 1.19 bits per heavy atom. The summed E-state index contributed by atoms with van der Waals surface area (Å²) in [6.45, 7) is 7.63. The van der Waals surface area contributed by atoms with Crippen LogP contribution in [0.25, 0.3) is 0 Å². The molecule has 0 N–H and O–H groups in total. The van der Waals surface area contributed by atoms with Crippen LogP contribution in [-0.4, -0.2) is 37.9 Å². The Balaban J connectivity index is 4.31. The molecular formula is C59H104O5. The van der Waals surface area contributed by atoms with Gasteiger partial charge in [-0.15, -0.1) is 0 Å². The van der Waals surface area contributed by atoms with Gasteiger partial charge in [0.25, 0.3) is 0 Å². The zero-order valence-corrected chi connectivity index (χ0v) is 42.5. The molecule has 0 amide bonds. The van der Waals surface area contributed by atoms with Crippen molar-refractivity contribution in [1.82, 2.24) is 0 Å². The first-order chi connectivity index (χ1) is 31.6. The van der Waals surface area contributed by atoms with Crippen LogP contribution in [0.5, 0.6) is 0 Å². The summed E-state index contributed by atoms with van der Waals surface area (Å²) in [5, 5.41) is 0. The summed E-state index contributed by atoms with van der Waals surface area (Å²) in [6, 6.07) is 0. The van der Waals surface area contributed by atoms with E-state index >= 15 is 0 Å². The van der Waals surface area contributed by atoms with Crippen LogP contribution >= 0.6 is 0 Å². The van der Waals surface area contributed by atoms with E-state index in [4.69, 9.17) is 14.2 Å². The van der Waals surface area contributed by atoms with Gasteiger partial charge in [0.2, 0.25) is 0 Å². The SMILES string of the molecule is CC/C=C\C/C=C\C/C=C\C/C=C\CCC(=O)OC(COCCCCCCCC/C=C\CCCCCCCC)COC(=O)CCCCCCCCCCC/C=C\CCCCCCCC. The van der Waals surface area contributed by atoms with Gasteiger partial charge < -0.3 is 14.2 Å². The van der Waals surface area contributed by atoms with Crippen molar-refractivity contribution in [2.75, 3.05) is 19.8 Å². The van der Waals surface area contributed by atoms with E-state index in [1.165, 1.54) is 173 Å². The van der Waals surface area contributed by atoms with Gasteiger partial charge in [-0.1, -0.05) is 229 Å². The molecule has 0 saturated carbocycles. The van der Waals surface area contributed by atoms with Gasteiger partial charge in [0.15, 0.2) is 6.10 Å². The van der Waals surface area contributed by atoms with Crippen LogP contribution in [0.15, 0.2) is 72.9 Å². The van der Waals surface area contributed by atoms with E-state index in [-0.39, 0.29) is 25.2 Å². The minimum Gasteiger partial charge on any atom is -0.462 e. The Morgan fingerprint density at radius 1 is 0.359 bits per heavy atom. The summed E-state index contributed by atoms with van der Waals surface area (Å²) >= 11 is 0. The predicted octanol–water partition coefficient (Wildman–Crippen LogP) is 18.7. The van der Waals surface area contributed by atoms with Crippen LogP contribution in [-0.2, 0) is 23.8 Å². The molecule has 0 aromatic heterocycles. The lowest BCUT2D eigenvalue weighted by molar-refractivity contribution is -0.162. The van der Waals surface area contributed by atoms with E-state index in [0.29, 0.717) is 25.9 Å². The summed E-state index contributed by atoms with van der Waals surface area (Å²) in [5.41, 5.74) is 0. The van der Waals surface area contributed by atoms with Gasteiger partial charge >= 0.3 is 11.9 Å². The topological polar surface area (TPSA) is 61.8 Å². The third-order valence-electron chi connectivity index (χ3n) is 11.7. The number of allylic oxidation sites excluding steroid dienone is 12. The third-order valence-corrected chi connectivity index (χ3v) is 11.7. The first kappa shape index (κ1) is 61.3. The van der Waals surface area contributed by atoms with Crippen molar-refractivity contribution >= 4 is 11.9 Å². The number of esters is 2. The highest BCUT2D eigenvalue weighted by Crippen LogP contribution is 2.14. The highest BCUT2D eigenvalue weighted by atomic mass is 16.6. The van der Waals surface area contributed by atoms with Crippen molar-refractivity contribution in [2.45, 2.75) is 271 Å². The normalized spacial score (nSPS) is 12.7. The van der Waals surface area contributed by atoms with Gasteiger partial charge in [-0.3, -0.25) is 9.59 Å². The van der Waals surface area contributed by atoms with E-state index < -0.39 is 6.10 Å².